The monoisotopic (exact) mass is 357 g/mol. The number of nitrogens with two attached hydrogens (primary N) is 1. The third-order valence-corrected chi connectivity index (χ3v) is 3.22. The van der Waals surface area contributed by atoms with E-state index in [2.05, 4.69) is 10.1 Å². The number of thiazole rings is 1. The van der Waals surface area contributed by atoms with Crippen LogP contribution in [-0.2, 0) is 30.3 Å². The maximum atomic E-state index is 11.9. The topological polar surface area (TPSA) is 113 Å². The second-order valence-corrected chi connectivity index (χ2v) is 7.32. The maximum Gasteiger partial charge on any atom is 0.353 e. The number of carbonyl (C=O) groups is 2. The van der Waals surface area contributed by atoms with Crippen LogP contribution < -0.4 is 5.73 Å². The quantitative estimate of drug-likeness (QED) is 0.450. The molecule has 0 amide bonds. The molecule has 0 fully saturated rings. The first-order valence-corrected chi connectivity index (χ1v) is 8.19. The molecular weight excluding hydrogens is 334 g/mol. The van der Waals surface area contributed by atoms with E-state index < -0.39 is 23.1 Å². The number of anilines is 1. The lowest BCUT2D eigenvalue weighted by Crippen LogP contribution is -2.40. The van der Waals surface area contributed by atoms with Crippen LogP contribution >= 0.6 is 11.3 Å². The van der Waals surface area contributed by atoms with Crippen molar-refractivity contribution in [2.75, 3.05) is 12.3 Å². The van der Waals surface area contributed by atoms with E-state index in [0.717, 1.165) is 11.9 Å². The Morgan fingerprint density at radius 1 is 1.33 bits per heavy atom. The molecule has 24 heavy (non-hydrogen) atoms. The molecule has 9 heteroatoms. The van der Waals surface area contributed by atoms with Crippen LogP contribution in [0, 0.1) is 0 Å². The van der Waals surface area contributed by atoms with Crippen LogP contribution in [0.3, 0.4) is 0 Å². The first-order chi connectivity index (χ1) is 11.0. The molecule has 1 aromatic rings. The normalized spacial score (nSPS) is 12.2. The number of nitrogen functional groups attached to an aromatic ring is 1. The van der Waals surface area contributed by atoms with Crippen molar-refractivity contribution in [1.29, 1.82) is 0 Å². The zero-order valence-corrected chi connectivity index (χ0v) is 15.3. The van der Waals surface area contributed by atoms with Crippen LogP contribution in [0.5, 0.6) is 0 Å². The molecule has 2 N–H and O–H groups in total. The number of nitrogens with zero attached hydrogens (tertiary/aromatic N) is 2. The smallest absolute Gasteiger partial charge is 0.353 e. The van der Waals surface area contributed by atoms with Crippen molar-refractivity contribution in [3.63, 3.8) is 0 Å². The first-order valence-electron chi connectivity index (χ1n) is 7.31. The van der Waals surface area contributed by atoms with Gasteiger partial charge in [-0.15, -0.1) is 11.3 Å². The predicted octanol–water partition coefficient (Wildman–Crippen LogP) is 1.93. The van der Waals surface area contributed by atoms with Gasteiger partial charge in [-0.05, 0) is 34.6 Å². The highest BCUT2D eigenvalue weighted by molar-refractivity contribution is 7.13. The summed E-state index contributed by atoms with van der Waals surface area (Å²) in [7, 11) is 0. The van der Waals surface area contributed by atoms with E-state index in [1.165, 1.54) is 25.2 Å². The average molecular weight is 357 g/mol. The number of rotatable bonds is 7. The summed E-state index contributed by atoms with van der Waals surface area (Å²) in [5, 5.41) is 5.75. The summed E-state index contributed by atoms with van der Waals surface area (Å²) in [4.78, 5) is 32.5. The number of hydrogen-bond donors (Lipinski definition) is 1. The van der Waals surface area contributed by atoms with E-state index >= 15 is 0 Å². The van der Waals surface area contributed by atoms with Gasteiger partial charge >= 0.3 is 11.9 Å². The van der Waals surface area contributed by atoms with Gasteiger partial charge in [0.25, 0.3) is 0 Å². The van der Waals surface area contributed by atoms with Crippen molar-refractivity contribution >= 4 is 34.6 Å². The van der Waals surface area contributed by atoms with Gasteiger partial charge in [-0.2, -0.15) is 0 Å². The first kappa shape index (κ1) is 19.9. The van der Waals surface area contributed by atoms with E-state index in [1.54, 1.807) is 26.2 Å². The second kappa shape index (κ2) is 8.09. The molecule has 0 bridgehead atoms. The summed E-state index contributed by atoms with van der Waals surface area (Å²) >= 11 is 1.32. The Hall–Kier alpha value is -2.16. The van der Waals surface area contributed by atoms with Gasteiger partial charge in [0.2, 0.25) is 5.60 Å². The van der Waals surface area contributed by atoms with Gasteiger partial charge in [0.05, 0.1) is 12.3 Å². The van der Waals surface area contributed by atoms with E-state index in [4.69, 9.17) is 20.0 Å². The minimum atomic E-state index is -1.32. The summed E-state index contributed by atoms with van der Waals surface area (Å²) in [5.74, 6) is -1.26. The maximum absolute atomic E-state index is 11.9. The van der Waals surface area contributed by atoms with Crippen molar-refractivity contribution in [3.05, 3.63) is 11.1 Å². The van der Waals surface area contributed by atoms with Gasteiger partial charge in [0, 0.05) is 11.8 Å². The Balaban J connectivity index is 2.36. The number of carbonyl (C=O) groups excluding carboxylic acids is 2. The van der Waals surface area contributed by atoms with Crippen LogP contribution in [0.2, 0.25) is 0 Å². The lowest BCUT2D eigenvalue weighted by atomic mass is 10.1. The summed E-state index contributed by atoms with van der Waals surface area (Å²) in [5.41, 5.74) is 4.30. The molecule has 1 heterocycles. The zero-order valence-electron chi connectivity index (χ0n) is 14.5. The van der Waals surface area contributed by atoms with Crippen molar-refractivity contribution in [2.45, 2.75) is 52.2 Å². The van der Waals surface area contributed by atoms with Gasteiger partial charge in [-0.3, -0.25) is 0 Å². The molecule has 0 radical (unpaired) electrons. The van der Waals surface area contributed by atoms with Gasteiger partial charge in [-0.25, -0.2) is 14.6 Å². The Morgan fingerprint density at radius 2 is 2.00 bits per heavy atom. The molecule has 1 rings (SSSR count). The minimum absolute atomic E-state index is 0.142. The van der Waals surface area contributed by atoms with E-state index in [-0.39, 0.29) is 6.61 Å². The van der Waals surface area contributed by atoms with Crippen LogP contribution in [0.4, 0.5) is 5.13 Å². The van der Waals surface area contributed by atoms with Crippen molar-refractivity contribution in [3.8, 4) is 0 Å². The Morgan fingerprint density at radius 3 is 2.54 bits per heavy atom. The van der Waals surface area contributed by atoms with Gasteiger partial charge in [0.1, 0.15) is 5.60 Å². The third kappa shape index (κ3) is 7.40. The summed E-state index contributed by atoms with van der Waals surface area (Å²) < 4.78 is 10.2. The number of oxime groups is 1. The molecule has 0 atom stereocenters. The van der Waals surface area contributed by atoms with Crippen LogP contribution in [0.25, 0.3) is 0 Å². The second-order valence-electron chi connectivity index (χ2n) is 6.43. The molecule has 0 aliphatic rings. The molecule has 1 aromatic heterocycles. The number of esters is 2. The van der Waals surface area contributed by atoms with Crippen LogP contribution in [0.15, 0.2) is 10.5 Å². The van der Waals surface area contributed by atoms with Crippen molar-refractivity contribution < 1.29 is 23.9 Å². The molecule has 0 saturated heterocycles. The SMILES string of the molecule is CC(C)(C)OC(=O)C(C)(C)O/N=C/C(=O)OCCc1csc(N)n1. The molecule has 0 aromatic carbocycles. The minimum Gasteiger partial charge on any atom is -0.461 e. The highest BCUT2D eigenvalue weighted by Gasteiger charge is 2.35. The Kier molecular flexibility index (Phi) is 6.70. The summed E-state index contributed by atoms with van der Waals surface area (Å²) in [6.45, 7) is 8.38. The largest absolute Gasteiger partial charge is 0.461 e. The molecule has 0 saturated carbocycles. The van der Waals surface area contributed by atoms with Gasteiger partial charge in [-0.1, -0.05) is 5.16 Å². The fourth-order valence-electron chi connectivity index (χ4n) is 1.37. The molecule has 8 nitrogen and oxygen atoms in total. The van der Waals surface area contributed by atoms with Gasteiger partial charge < -0.3 is 20.0 Å². The zero-order chi connectivity index (χ0) is 18.4. The summed E-state index contributed by atoms with van der Waals surface area (Å²) in [6.07, 6.45) is 1.32. The van der Waals surface area contributed by atoms with Crippen molar-refractivity contribution in [2.24, 2.45) is 5.16 Å². The number of ether oxygens (including phenoxy) is 2. The Bertz CT molecular complexity index is 604. The van der Waals surface area contributed by atoms with E-state index in [0.29, 0.717) is 11.6 Å². The lowest BCUT2D eigenvalue weighted by Gasteiger charge is -2.26. The molecule has 0 spiro atoms. The fraction of sp³-hybridized carbons (Fsp3) is 0.600. The Labute approximate surface area is 145 Å². The fourth-order valence-corrected chi connectivity index (χ4v) is 1.97. The highest BCUT2D eigenvalue weighted by Crippen LogP contribution is 2.17. The molecule has 0 unspecified atom stereocenters. The predicted molar refractivity (Wildman–Crippen MR) is 90.7 cm³/mol. The third-order valence-electron chi connectivity index (χ3n) is 2.50. The van der Waals surface area contributed by atoms with Crippen LogP contribution in [-0.4, -0.2) is 40.9 Å². The molecule has 0 aliphatic heterocycles. The van der Waals surface area contributed by atoms with Crippen LogP contribution in [0.1, 0.15) is 40.3 Å². The van der Waals surface area contributed by atoms with E-state index in [1.807, 2.05) is 0 Å². The van der Waals surface area contributed by atoms with Gasteiger partial charge in [0.15, 0.2) is 11.3 Å². The van der Waals surface area contributed by atoms with E-state index in [9.17, 15) is 9.59 Å². The highest BCUT2D eigenvalue weighted by atomic mass is 32.1. The molecule has 0 aliphatic carbocycles. The number of hydrogen-bond acceptors (Lipinski definition) is 9. The molecule has 134 valence electrons. The standard InChI is InChI=1S/C15H23N3O5S/c1-14(2,3)22-12(20)15(4,5)23-17-8-11(19)21-7-6-10-9-24-13(16)18-10/h8-9H,6-7H2,1-5H3,(H2,16,18)/b17-8+. The number of aromatic nitrogens is 1. The molecular formula is C15H23N3O5S. The summed E-state index contributed by atoms with van der Waals surface area (Å²) in [6, 6.07) is 0. The van der Waals surface area contributed by atoms with Crippen molar-refractivity contribution in [1.82, 2.24) is 4.98 Å². The lowest BCUT2D eigenvalue weighted by molar-refractivity contribution is -0.179. The average Bonchev–Trinajstić information content (AvgIpc) is 2.82.